The first-order valence-corrected chi connectivity index (χ1v) is 5.29. The van der Waals surface area contributed by atoms with E-state index in [1.165, 1.54) is 17.3 Å². The van der Waals surface area contributed by atoms with Crippen LogP contribution in [0.5, 0.6) is 0 Å². The molecule has 0 aliphatic carbocycles. The fourth-order valence-electron chi connectivity index (χ4n) is 0.518. The molecule has 0 aromatic carbocycles. The number of carbonyl (C=O) groups excluding carboxylic acids is 1. The van der Waals surface area contributed by atoms with Crippen molar-refractivity contribution in [3.05, 3.63) is 0 Å². The quantitative estimate of drug-likeness (QED) is 0.364. The first-order valence-electron chi connectivity index (χ1n) is 3.83. The number of aliphatic hydroxyl groups is 1. The molecule has 0 aliphatic heterocycles. The second-order valence-electron chi connectivity index (χ2n) is 2.14. The lowest BCUT2D eigenvalue weighted by Crippen LogP contribution is -2.29. The molecule has 0 spiro atoms. The summed E-state index contributed by atoms with van der Waals surface area (Å²) in [5, 5.41) is 10.1. The highest BCUT2D eigenvalue weighted by Gasteiger charge is 2.05. The second-order valence-corrected chi connectivity index (χ2v) is 3.22. The normalized spacial score (nSPS) is 12.2. The van der Waals surface area contributed by atoms with Crippen molar-refractivity contribution in [2.24, 2.45) is 0 Å². The summed E-state index contributed by atoms with van der Waals surface area (Å²) >= 11 is 5.80. The monoisotopic (exact) mass is 223 g/mol. The zero-order valence-corrected chi connectivity index (χ0v) is 8.99. The number of hydrogen-bond acceptors (Lipinski definition) is 6. The Kier molecular flexibility index (Phi) is 8.32. The molecule has 1 atom stereocenters. The molecule has 2 N–H and O–H groups in total. The van der Waals surface area contributed by atoms with Gasteiger partial charge in [-0.25, -0.2) is 0 Å². The van der Waals surface area contributed by atoms with Crippen LogP contribution in [0.1, 0.15) is 6.92 Å². The van der Waals surface area contributed by atoms with Crippen molar-refractivity contribution in [2.75, 3.05) is 19.0 Å². The van der Waals surface area contributed by atoms with Gasteiger partial charge in [0, 0.05) is 0 Å². The molecule has 76 valence electrons. The highest BCUT2D eigenvalue weighted by atomic mass is 32.2. The van der Waals surface area contributed by atoms with Crippen LogP contribution >= 0.6 is 24.2 Å². The van der Waals surface area contributed by atoms with Gasteiger partial charge in [-0.15, -0.1) is 0 Å². The number of aliphatic hydroxyl groups excluding tert-OH is 1. The van der Waals surface area contributed by atoms with Crippen molar-refractivity contribution in [3.63, 3.8) is 0 Å². The van der Waals surface area contributed by atoms with Crippen molar-refractivity contribution in [3.8, 4) is 0 Å². The van der Waals surface area contributed by atoms with E-state index in [0.29, 0.717) is 6.61 Å². The SMILES string of the molecule is CCOC(=O)CSN[C@H](C=S)CO. The Morgan fingerprint density at radius 3 is 3.00 bits per heavy atom. The number of nitrogens with one attached hydrogen (secondary N) is 1. The van der Waals surface area contributed by atoms with Gasteiger partial charge in [-0.05, 0) is 12.3 Å². The Bertz CT molecular complexity index is 166. The number of ether oxygens (including phenoxy) is 1. The molecule has 0 bridgehead atoms. The van der Waals surface area contributed by atoms with Crippen molar-refractivity contribution in [1.29, 1.82) is 0 Å². The summed E-state index contributed by atoms with van der Waals surface area (Å²) in [5.74, 6) is -0.0610. The van der Waals surface area contributed by atoms with E-state index in [1.54, 1.807) is 6.92 Å². The zero-order valence-electron chi connectivity index (χ0n) is 7.36. The summed E-state index contributed by atoms with van der Waals surface area (Å²) in [6, 6.07) is -0.255. The molecule has 0 aromatic heterocycles. The fourth-order valence-corrected chi connectivity index (χ4v) is 1.40. The van der Waals surface area contributed by atoms with Crippen LogP contribution in [0.3, 0.4) is 0 Å². The van der Waals surface area contributed by atoms with Gasteiger partial charge in [0.2, 0.25) is 0 Å². The molecule has 0 saturated heterocycles. The molecule has 0 radical (unpaired) electrons. The molecule has 6 heteroatoms. The minimum Gasteiger partial charge on any atom is -0.465 e. The maximum Gasteiger partial charge on any atom is 0.317 e. The van der Waals surface area contributed by atoms with E-state index in [1.807, 2.05) is 0 Å². The van der Waals surface area contributed by atoms with Crippen molar-refractivity contribution in [2.45, 2.75) is 13.0 Å². The fraction of sp³-hybridized carbons (Fsp3) is 0.714. The van der Waals surface area contributed by atoms with Crippen LogP contribution in [0.2, 0.25) is 0 Å². The Morgan fingerprint density at radius 1 is 1.85 bits per heavy atom. The van der Waals surface area contributed by atoms with E-state index in [4.69, 9.17) is 9.84 Å². The molecule has 0 amide bonds. The number of esters is 1. The molecule has 0 fully saturated rings. The van der Waals surface area contributed by atoms with Gasteiger partial charge >= 0.3 is 5.97 Å². The zero-order chi connectivity index (χ0) is 10.1. The summed E-state index contributed by atoms with van der Waals surface area (Å²) < 4.78 is 7.51. The molecule has 0 saturated carbocycles. The Hall–Kier alpha value is -0.170. The molecule has 13 heavy (non-hydrogen) atoms. The topological polar surface area (TPSA) is 58.6 Å². The summed E-state index contributed by atoms with van der Waals surface area (Å²) in [6.07, 6.45) is 0. The minimum atomic E-state index is -0.277. The third kappa shape index (κ3) is 6.94. The summed E-state index contributed by atoms with van der Waals surface area (Å²) in [5.41, 5.74) is 0. The van der Waals surface area contributed by atoms with Crippen LogP contribution in [0.4, 0.5) is 0 Å². The van der Waals surface area contributed by atoms with E-state index >= 15 is 0 Å². The van der Waals surface area contributed by atoms with E-state index < -0.39 is 0 Å². The predicted molar refractivity (Wildman–Crippen MR) is 56.8 cm³/mol. The Balaban J connectivity index is 3.42. The van der Waals surface area contributed by atoms with Gasteiger partial charge in [-0.2, -0.15) is 0 Å². The van der Waals surface area contributed by atoms with Gasteiger partial charge < -0.3 is 9.84 Å². The number of thiocarbonyl (C=S) groups is 1. The molecule has 0 heterocycles. The van der Waals surface area contributed by atoms with E-state index in [2.05, 4.69) is 16.9 Å². The van der Waals surface area contributed by atoms with Crippen LogP contribution in [0.25, 0.3) is 0 Å². The van der Waals surface area contributed by atoms with Gasteiger partial charge in [0.05, 0.1) is 19.3 Å². The van der Waals surface area contributed by atoms with Gasteiger partial charge in [0.25, 0.3) is 0 Å². The number of carbonyl (C=O) groups is 1. The maximum absolute atomic E-state index is 10.8. The van der Waals surface area contributed by atoms with Crippen LogP contribution in [0.15, 0.2) is 0 Å². The van der Waals surface area contributed by atoms with Crippen molar-refractivity contribution in [1.82, 2.24) is 4.72 Å². The summed E-state index contributed by atoms with van der Waals surface area (Å²) in [7, 11) is 0. The third-order valence-corrected chi connectivity index (χ3v) is 2.27. The largest absolute Gasteiger partial charge is 0.465 e. The van der Waals surface area contributed by atoms with Gasteiger partial charge in [0.1, 0.15) is 5.75 Å². The average Bonchev–Trinajstić information content (AvgIpc) is 2.13. The molecule has 4 nitrogen and oxygen atoms in total. The Morgan fingerprint density at radius 2 is 2.54 bits per heavy atom. The number of rotatable bonds is 7. The van der Waals surface area contributed by atoms with E-state index in [9.17, 15) is 4.79 Å². The van der Waals surface area contributed by atoms with Crippen LogP contribution in [-0.2, 0) is 9.53 Å². The first kappa shape index (κ1) is 12.8. The average molecular weight is 223 g/mol. The van der Waals surface area contributed by atoms with E-state index in [0.717, 1.165) is 0 Å². The standard InChI is InChI=1S/C7H13NO3S2/c1-2-11-7(10)5-13-8-6(3-9)4-12/h4,6,8-9H,2-3,5H2,1H3/t6-/m0/s1. The molecular formula is C7H13NO3S2. The van der Waals surface area contributed by atoms with Gasteiger partial charge in [0.15, 0.2) is 0 Å². The third-order valence-electron chi connectivity index (χ3n) is 1.09. The first-order chi connectivity index (χ1) is 6.24. The molecule has 0 rings (SSSR count). The maximum atomic E-state index is 10.8. The van der Waals surface area contributed by atoms with Gasteiger partial charge in [-0.1, -0.05) is 24.2 Å². The van der Waals surface area contributed by atoms with Crippen LogP contribution in [-0.4, -0.2) is 41.5 Å². The molecular weight excluding hydrogens is 210 g/mol. The highest BCUT2D eigenvalue weighted by molar-refractivity contribution is 7.98. The lowest BCUT2D eigenvalue weighted by atomic mass is 10.4. The molecule has 0 unspecified atom stereocenters. The summed E-state index contributed by atoms with van der Waals surface area (Å²) in [6.45, 7) is 2.07. The lowest BCUT2D eigenvalue weighted by molar-refractivity contribution is -0.139. The molecule has 0 aromatic rings. The van der Waals surface area contributed by atoms with E-state index in [-0.39, 0.29) is 24.4 Å². The number of hydrogen-bond donors (Lipinski definition) is 2. The second kappa shape index (κ2) is 8.43. The van der Waals surface area contributed by atoms with Crippen LogP contribution < -0.4 is 4.72 Å². The molecule has 0 aliphatic rings. The highest BCUT2D eigenvalue weighted by Crippen LogP contribution is 1.96. The lowest BCUT2D eigenvalue weighted by Gasteiger charge is -2.08. The van der Waals surface area contributed by atoms with Crippen LogP contribution in [0, 0.1) is 0 Å². The van der Waals surface area contributed by atoms with Crippen molar-refractivity contribution < 1.29 is 14.6 Å². The minimum absolute atomic E-state index is 0.0701. The smallest absolute Gasteiger partial charge is 0.317 e. The van der Waals surface area contributed by atoms with Crippen molar-refractivity contribution >= 4 is 35.5 Å². The predicted octanol–water partition coefficient (Wildman–Crippen LogP) is 0.148. The Labute approximate surface area is 87.2 Å². The van der Waals surface area contributed by atoms with Gasteiger partial charge in [-0.3, -0.25) is 9.52 Å². The summed E-state index contributed by atoms with van der Waals surface area (Å²) in [4.78, 5) is 10.8.